The fourth-order valence-electron chi connectivity index (χ4n) is 1.07. The lowest BCUT2D eigenvalue weighted by Gasteiger charge is -2.14. The number of aliphatic hydroxyl groups excluding tert-OH is 2. The first kappa shape index (κ1) is 11.3. The molecule has 0 aliphatic carbocycles. The Hall–Kier alpha value is -0.780. The minimum atomic E-state index is -1.10. The maximum atomic E-state index is 10.3. The lowest BCUT2D eigenvalue weighted by molar-refractivity contribution is 0.00414. The summed E-state index contributed by atoms with van der Waals surface area (Å²) in [7, 11) is 0. The molecule has 1 rings (SSSR count). The molecule has 2 N–H and O–H groups in total. The molecule has 2 atom stereocenters. The molecule has 14 heavy (non-hydrogen) atoms. The van der Waals surface area contributed by atoms with E-state index in [4.69, 9.17) is 4.42 Å². The van der Waals surface area contributed by atoms with Gasteiger partial charge in [0.25, 0.3) is 0 Å². The molecule has 0 radical (unpaired) electrons. The lowest BCUT2D eigenvalue weighted by atomic mass is 10.1. The highest BCUT2D eigenvalue weighted by molar-refractivity contribution is 7.80. The monoisotopic (exact) mass is 216 g/mol. The molecule has 0 aromatic carbocycles. The first-order chi connectivity index (χ1) is 6.69. The largest absolute Gasteiger partial charge is 0.455 e. The third kappa shape index (κ3) is 2.60. The van der Waals surface area contributed by atoms with Crippen molar-refractivity contribution in [2.24, 2.45) is 0 Å². The number of hydrogen-bond donors (Lipinski definition) is 3. The highest BCUT2D eigenvalue weighted by atomic mass is 32.1. The van der Waals surface area contributed by atoms with Crippen LogP contribution in [-0.2, 0) is 0 Å². The summed E-state index contributed by atoms with van der Waals surface area (Å²) in [6.07, 6.45) is -1.11. The van der Waals surface area contributed by atoms with Crippen LogP contribution in [-0.4, -0.2) is 28.4 Å². The Morgan fingerprint density at radius 2 is 2.21 bits per heavy atom. The topological polar surface area (TPSA) is 70.7 Å². The number of aldehydes is 1. The van der Waals surface area contributed by atoms with Crippen molar-refractivity contribution >= 4 is 18.9 Å². The molecule has 2 unspecified atom stereocenters. The lowest BCUT2D eigenvalue weighted by Crippen LogP contribution is -2.18. The zero-order chi connectivity index (χ0) is 10.6. The van der Waals surface area contributed by atoms with E-state index >= 15 is 0 Å². The average Bonchev–Trinajstić information content (AvgIpc) is 2.65. The van der Waals surface area contributed by atoms with Crippen LogP contribution in [0.5, 0.6) is 0 Å². The van der Waals surface area contributed by atoms with Crippen LogP contribution in [0.2, 0.25) is 0 Å². The van der Waals surface area contributed by atoms with E-state index < -0.39 is 12.2 Å². The summed E-state index contributed by atoms with van der Waals surface area (Å²) in [5.41, 5.74) is 0. The molecule has 0 fully saturated rings. The number of rotatable bonds is 5. The summed E-state index contributed by atoms with van der Waals surface area (Å²) < 4.78 is 4.96. The Kier molecular flexibility index (Phi) is 4.19. The van der Waals surface area contributed by atoms with E-state index in [1.807, 2.05) is 0 Å². The Morgan fingerprint density at radius 1 is 1.50 bits per heavy atom. The highest BCUT2D eigenvalue weighted by Gasteiger charge is 2.20. The van der Waals surface area contributed by atoms with E-state index in [0.29, 0.717) is 18.5 Å². The Bertz CT molecular complexity index is 297. The van der Waals surface area contributed by atoms with Gasteiger partial charge < -0.3 is 14.6 Å². The van der Waals surface area contributed by atoms with Crippen molar-refractivity contribution in [2.75, 3.05) is 5.75 Å². The van der Waals surface area contributed by atoms with Gasteiger partial charge in [0.15, 0.2) is 12.0 Å². The first-order valence-corrected chi connectivity index (χ1v) is 4.84. The van der Waals surface area contributed by atoms with E-state index in [1.165, 1.54) is 12.1 Å². The zero-order valence-corrected chi connectivity index (χ0v) is 8.35. The molecule has 4 nitrogen and oxygen atoms in total. The molecule has 0 bridgehead atoms. The van der Waals surface area contributed by atoms with E-state index in [1.54, 1.807) is 0 Å². The molecule has 78 valence electrons. The average molecular weight is 216 g/mol. The van der Waals surface area contributed by atoms with Gasteiger partial charge in [-0.1, -0.05) is 0 Å². The van der Waals surface area contributed by atoms with E-state index in [9.17, 15) is 15.0 Å². The summed E-state index contributed by atoms with van der Waals surface area (Å²) in [5, 5.41) is 18.9. The predicted octanol–water partition coefficient (Wildman–Crippen LogP) is 0.806. The number of carbonyl (C=O) groups is 1. The molecular weight excluding hydrogens is 204 g/mol. The summed E-state index contributed by atoms with van der Waals surface area (Å²) in [5.74, 6) is 0.804. The van der Waals surface area contributed by atoms with Crippen molar-refractivity contribution < 1.29 is 19.4 Å². The fourth-order valence-corrected chi connectivity index (χ4v) is 1.33. The SMILES string of the molecule is O=Cc1ccc(C(O)C(O)CCS)o1. The molecule has 0 aliphatic heterocycles. The van der Waals surface area contributed by atoms with Crippen LogP contribution in [0.4, 0.5) is 0 Å². The van der Waals surface area contributed by atoms with Crippen molar-refractivity contribution in [1.29, 1.82) is 0 Å². The van der Waals surface area contributed by atoms with Crippen LogP contribution in [0, 0.1) is 0 Å². The van der Waals surface area contributed by atoms with Crippen LogP contribution in [0.3, 0.4) is 0 Å². The minimum absolute atomic E-state index is 0.136. The van der Waals surface area contributed by atoms with Crippen LogP contribution >= 0.6 is 12.6 Å². The van der Waals surface area contributed by atoms with Crippen molar-refractivity contribution in [2.45, 2.75) is 18.6 Å². The number of hydrogen-bond acceptors (Lipinski definition) is 5. The molecule has 1 heterocycles. The summed E-state index contributed by atoms with van der Waals surface area (Å²) in [6, 6.07) is 2.91. The number of furan rings is 1. The predicted molar refractivity (Wildman–Crippen MR) is 53.5 cm³/mol. The summed E-state index contributed by atoms with van der Waals surface area (Å²) >= 11 is 3.93. The van der Waals surface area contributed by atoms with Gasteiger partial charge in [-0.05, 0) is 24.3 Å². The molecule has 1 aromatic rings. The standard InChI is InChI=1S/C9H12O4S/c10-5-6-1-2-8(13-6)9(12)7(11)3-4-14/h1-2,5,7,9,11-12,14H,3-4H2. The van der Waals surface area contributed by atoms with Crippen molar-refractivity contribution in [3.05, 3.63) is 23.7 Å². The molecule has 5 heteroatoms. The minimum Gasteiger partial charge on any atom is -0.455 e. The van der Waals surface area contributed by atoms with E-state index in [0.717, 1.165) is 0 Å². The van der Waals surface area contributed by atoms with Gasteiger partial charge in [-0.2, -0.15) is 12.6 Å². The Morgan fingerprint density at radius 3 is 2.71 bits per heavy atom. The second-order valence-corrected chi connectivity index (χ2v) is 3.33. The van der Waals surface area contributed by atoms with Gasteiger partial charge in [0.05, 0.1) is 6.10 Å². The molecule has 0 spiro atoms. The zero-order valence-electron chi connectivity index (χ0n) is 7.46. The van der Waals surface area contributed by atoms with Gasteiger partial charge in [0.1, 0.15) is 11.9 Å². The van der Waals surface area contributed by atoms with Crippen LogP contribution in [0.15, 0.2) is 16.5 Å². The van der Waals surface area contributed by atoms with Crippen molar-refractivity contribution in [3.8, 4) is 0 Å². The molecule has 0 saturated carbocycles. The van der Waals surface area contributed by atoms with Crippen LogP contribution in [0.25, 0.3) is 0 Å². The smallest absolute Gasteiger partial charge is 0.185 e. The van der Waals surface area contributed by atoms with E-state index in [2.05, 4.69) is 12.6 Å². The number of carbonyl (C=O) groups excluding carboxylic acids is 1. The van der Waals surface area contributed by atoms with Crippen LogP contribution < -0.4 is 0 Å². The second-order valence-electron chi connectivity index (χ2n) is 2.88. The summed E-state index contributed by atoms with van der Waals surface area (Å²) in [4.78, 5) is 10.3. The fraction of sp³-hybridized carbons (Fsp3) is 0.444. The van der Waals surface area contributed by atoms with Gasteiger partial charge in [0, 0.05) is 0 Å². The van der Waals surface area contributed by atoms with Crippen LogP contribution in [0.1, 0.15) is 28.8 Å². The van der Waals surface area contributed by atoms with Gasteiger partial charge in [-0.3, -0.25) is 4.79 Å². The molecule has 1 aromatic heterocycles. The normalized spacial score (nSPS) is 15.1. The van der Waals surface area contributed by atoms with E-state index in [-0.39, 0.29) is 11.5 Å². The first-order valence-electron chi connectivity index (χ1n) is 4.21. The molecular formula is C9H12O4S. The van der Waals surface area contributed by atoms with Crippen molar-refractivity contribution in [1.82, 2.24) is 0 Å². The molecule has 0 aliphatic rings. The van der Waals surface area contributed by atoms with Crippen molar-refractivity contribution in [3.63, 3.8) is 0 Å². The Balaban J connectivity index is 2.67. The third-order valence-corrected chi connectivity index (χ3v) is 2.10. The quantitative estimate of drug-likeness (QED) is 0.503. The summed E-state index contributed by atoms with van der Waals surface area (Å²) in [6.45, 7) is 0. The van der Waals surface area contributed by atoms with Gasteiger partial charge >= 0.3 is 0 Å². The number of thiol groups is 1. The van der Waals surface area contributed by atoms with Gasteiger partial charge in [-0.15, -0.1) is 0 Å². The third-order valence-electron chi connectivity index (χ3n) is 1.84. The maximum absolute atomic E-state index is 10.3. The van der Waals surface area contributed by atoms with Gasteiger partial charge in [-0.25, -0.2) is 0 Å². The maximum Gasteiger partial charge on any atom is 0.185 e. The second kappa shape index (κ2) is 5.19. The number of aliphatic hydroxyl groups is 2. The highest BCUT2D eigenvalue weighted by Crippen LogP contribution is 2.20. The molecule has 0 amide bonds. The van der Waals surface area contributed by atoms with Gasteiger partial charge in [0.2, 0.25) is 0 Å². The molecule has 0 saturated heterocycles. The Labute approximate surface area is 87.0 Å².